The summed E-state index contributed by atoms with van der Waals surface area (Å²) in [5, 5.41) is 20.6. The van der Waals surface area contributed by atoms with E-state index in [1.165, 1.54) is 17.4 Å². The van der Waals surface area contributed by atoms with Gasteiger partial charge in [0.2, 0.25) is 0 Å². The highest BCUT2D eigenvalue weighted by atomic mass is 32.2. The van der Waals surface area contributed by atoms with E-state index < -0.39 is 9.84 Å². The van der Waals surface area contributed by atoms with Gasteiger partial charge in [0, 0.05) is 18.2 Å². The zero-order valence-corrected chi connectivity index (χ0v) is 19.3. The lowest BCUT2D eigenvalue weighted by atomic mass is 10.0. The summed E-state index contributed by atoms with van der Waals surface area (Å²) in [4.78, 5) is 0.302. The summed E-state index contributed by atoms with van der Waals surface area (Å²) in [6, 6.07) is 19.3. The Kier molecular flexibility index (Phi) is 4.82. The van der Waals surface area contributed by atoms with Gasteiger partial charge in [-0.05, 0) is 71.6 Å². The third-order valence-electron chi connectivity index (χ3n) is 6.26. The minimum atomic E-state index is -3.23. The van der Waals surface area contributed by atoms with Gasteiger partial charge >= 0.3 is 0 Å². The van der Waals surface area contributed by atoms with Crippen molar-refractivity contribution in [2.24, 2.45) is 0 Å². The van der Waals surface area contributed by atoms with Crippen LogP contribution in [0.3, 0.4) is 0 Å². The molecule has 3 heterocycles. The third kappa shape index (κ3) is 3.68. The van der Waals surface area contributed by atoms with Gasteiger partial charge in [-0.25, -0.2) is 13.1 Å². The van der Waals surface area contributed by atoms with E-state index in [9.17, 15) is 8.42 Å². The van der Waals surface area contributed by atoms with Crippen LogP contribution >= 0.6 is 0 Å². The maximum Gasteiger partial charge on any atom is 0.175 e. The van der Waals surface area contributed by atoms with Gasteiger partial charge in [-0.2, -0.15) is 5.10 Å². The van der Waals surface area contributed by atoms with Gasteiger partial charge < -0.3 is 5.32 Å². The Hall–Kier alpha value is -3.82. The van der Waals surface area contributed by atoms with Crippen molar-refractivity contribution < 1.29 is 8.42 Å². The van der Waals surface area contributed by atoms with E-state index in [1.54, 1.807) is 16.8 Å². The minimum Gasteiger partial charge on any atom is -0.312 e. The summed E-state index contributed by atoms with van der Waals surface area (Å²) < 4.78 is 25.3. The zero-order valence-electron chi connectivity index (χ0n) is 18.5. The Morgan fingerprint density at radius 1 is 0.941 bits per heavy atom. The first kappa shape index (κ1) is 20.8. The number of nitrogens with zero attached hydrogens (tertiary/aromatic N) is 4. The lowest BCUT2D eigenvalue weighted by molar-refractivity contribution is 0.602. The van der Waals surface area contributed by atoms with Crippen LogP contribution in [-0.4, -0.2) is 46.4 Å². The van der Waals surface area contributed by atoms with Crippen molar-refractivity contribution in [1.29, 1.82) is 0 Å². The largest absolute Gasteiger partial charge is 0.312 e. The predicted octanol–water partition coefficient (Wildman–Crippen LogP) is 3.53. The standard InChI is InChI=1S/C25H22N6O2S/c1-34(32,33)21-7-3-16(4-8-21)18-5-9-23-22(13-18)25(29-27-23)24-15-31(30-28-24)20-6-2-17-10-11-26-14-19(17)12-20/h2-9,12-13,15,26H,10-11,14H2,1H3,(H,27,29). The smallest absolute Gasteiger partial charge is 0.175 e. The number of H-pyrrole nitrogens is 1. The fourth-order valence-electron chi connectivity index (χ4n) is 4.39. The van der Waals surface area contributed by atoms with Crippen LogP contribution in [0.25, 0.3) is 39.1 Å². The van der Waals surface area contributed by atoms with Crippen molar-refractivity contribution in [3.05, 3.63) is 78.0 Å². The summed E-state index contributed by atoms with van der Waals surface area (Å²) >= 11 is 0. The zero-order chi connectivity index (χ0) is 23.3. The van der Waals surface area contributed by atoms with Crippen LogP contribution in [0.2, 0.25) is 0 Å². The molecular weight excluding hydrogens is 448 g/mol. The summed E-state index contributed by atoms with van der Waals surface area (Å²) in [5.41, 5.74) is 7.80. The molecule has 0 bridgehead atoms. The molecule has 0 saturated carbocycles. The highest BCUT2D eigenvalue weighted by molar-refractivity contribution is 7.90. The summed E-state index contributed by atoms with van der Waals surface area (Å²) in [6.45, 7) is 1.87. The van der Waals surface area contributed by atoms with E-state index in [4.69, 9.17) is 0 Å². The highest BCUT2D eigenvalue weighted by Crippen LogP contribution is 2.30. The van der Waals surface area contributed by atoms with Gasteiger partial charge in [-0.15, -0.1) is 5.10 Å². The molecule has 6 rings (SSSR count). The molecule has 0 unspecified atom stereocenters. The molecule has 9 heteroatoms. The number of fused-ring (bicyclic) bond motifs is 2. The fraction of sp³-hybridized carbons (Fsp3) is 0.160. The molecule has 0 spiro atoms. The van der Waals surface area contributed by atoms with Crippen molar-refractivity contribution in [3.8, 4) is 28.2 Å². The normalized spacial score (nSPS) is 13.8. The van der Waals surface area contributed by atoms with E-state index in [2.05, 4.69) is 44.0 Å². The molecule has 0 aliphatic carbocycles. The summed E-state index contributed by atoms with van der Waals surface area (Å²) in [7, 11) is -3.23. The van der Waals surface area contributed by atoms with Crippen LogP contribution in [0.15, 0.2) is 71.8 Å². The summed E-state index contributed by atoms with van der Waals surface area (Å²) in [5.74, 6) is 0. The van der Waals surface area contributed by atoms with Crippen molar-refractivity contribution in [1.82, 2.24) is 30.5 Å². The van der Waals surface area contributed by atoms with Crippen LogP contribution in [0, 0.1) is 0 Å². The van der Waals surface area contributed by atoms with Crippen molar-refractivity contribution in [2.75, 3.05) is 12.8 Å². The van der Waals surface area contributed by atoms with Crippen LogP contribution < -0.4 is 5.32 Å². The number of aromatic amines is 1. The van der Waals surface area contributed by atoms with E-state index in [0.717, 1.165) is 52.9 Å². The number of sulfone groups is 1. The SMILES string of the molecule is CS(=O)(=O)c1ccc(-c2ccc3[nH]nc(-c4cn(-c5ccc6c(c5)CNCC6)nn4)c3c2)cc1. The second-order valence-corrected chi connectivity index (χ2v) is 10.6. The molecule has 2 aromatic heterocycles. The number of benzene rings is 3. The number of hydrogen-bond donors (Lipinski definition) is 2. The Morgan fingerprint density at radius 3 is 2.59 bits per heavy atom. The summed E-state index contributed by atoms with van der Waals surface area (Å²) in [6.07, 6.45) is 4.14. The van der Waals surface area contributed by atoms with Crippen molar-refractivity contribution in [2.45, 2.75) is 17.9 Å². The Bertz CT molecular complexity index is 1630. The molecule has 1 aliphatic rings. The van der Waals surface area contributed by atoms with Crippen LogP contribution in [-0.2, 0) is 22.8 Å². The maximum atomic E-state index is 11.8. The Morgan fingerprint density at radius 2 is 1.76 bits per heavy atom. The van der Waals surface area contributed by atoms with Crippen LogP contribution in [0.1, 0.15) is 11.1 Å². The topological polar surface area (TPSA) is 106 Å². The van der Waals surface area contributed by atoms with Gasteiger partial charge in [0.1, 0.15) is 11.4 Å². The molecule has 170 valence electrons. The van der Waals surface area contributed by atoms with E-state index in [0.29, 0.717) is 10.6 Å². The number of hydrogen-bond acceptors (Lipinski definition) is 6. The maximum absolute atomic E-state index is 11.8. The molecule has 0 saturated heterocycles. The molecule has 0 atom stereocenters. The van der Waals surface area contributed by atoms with Gasteiger partial charge in [0.05, 0.1) is 22.3 Å². The Labute approximate surface area is 196 Å². The molecule has 3 aromatic carbocycles. The van der Waals surface area contributed by atoms with Crippen molar-refractivity contribution in [3.63, 3.8) is 0 Å². The van der Waals surface area contributed by atoms with E-state index in [1.807, 2.05) is 36.5 Å². The second kappa shape index (κ2) is 7.89. The lowest BCUT2D eigenvalue weighted by Gasteiger charge is -2.17. The van der Waals surface area contributed by atoms with Gasteiger partial charge in [-0.3, -0.25) is 5.10 Å². The van der Waals surface area contributed by atoms with E-state index >= 15 is 0 Å². The van der Waals surface area contributed by atoms with Gasteiger partial charge in [0.15, 0.2) is 9.84 Å². The molecule has 8 nitrogen and oxygen atoms in total. The molecular formula is C25H22N6O2S. The average Bonchev–Trinajstić information content (AvgIpc) is 3.50. The number of nitrogens with one attached hydrogen (secondary N) is 2. The van der Waals surface area contributed by atoms with Gasteiger partial charge in [-0.1, -0.05) is 29.5 Å². The lowest BCUT2D eigenvalue weighted by Crippen LogP contribution is -2.23. The van der Waals surface area contributed by atoms with Crippen molar-refractivity contribution >= 4 is 20.7 Å². The first-order chi connectivity index (χ1) is 16.5. The molecule has 0 radical (unpaired) electrons. The minimum absolute atomic E-state index is 0.302. The number of aromatic nitrogens is 5. The molecule has 1 aliphatic heterocycles. The predicted molar refractivity (Wildman–Crippen MR) is 130 cm³/mol. The first-order valence-electron chi connectivity index (χ1n) is 11.0. The Balaban J connectivity index is 1.36. The third-order valence-corrected chi connectivity index (χ3v) is 7.38. The molecule has 2 N–H and O–H groups in total. The molecule has 34 heavy (non-hydrogen) atoms. The van der Waals surface area contributed by atoms with Gasteiger partial charge in [0.25, 0.3) is 0 Å². The fourth-order valence-corrected chi connectivity index (χ4v) is 5.02. The first-order valence-corrected chi connectivity index (χ1v) is 12.9. The van der Waals surface area contributed by atoms with Crippen LogP contribution in [0.5, 0.6) is 0 Å². The molecule has 0 fully saturated rings. The molecule has 5 aromatic rings. The quantitative estimate of drug-likeness (QED) is 0.416. The second-order valence-electron chi connectivity index (χ2n) is 8.56. The molecule has 0 amide bonds. The van der Waals surface area contributed by atoms with E-state index in [-0.39, 0.29) is 0 Å². The monoisotopic (exact) mass is 470 g/mol. The van der Waals surface area contributed by atoms with Crippen LogP contribution in [0.4, 0.5) is 0 Å². The number of rotatable bonds is 4. The average molecular weight is 471 g/mol. The highest BCUT2D eigenvalue weighted by Gasteiger charge is 2.15.